The van der Waals surface area contributed by atoms with Crippen molar-refractivity contribution in [2.24, 2.45) is 11.7 Å². The van der Waals surface area contributed by atoms with Crippen molar-refractivity contribution >= 4 is 12.4 Å². The largest absolute Gasteiger partial charge is 0.333 e. The number of likely N-dealkylation sites (tertiary alicyclic amines) is 1. The molecule has 0 amide bonds. The van der Waals surface area contributed by atoms with Crippen molar-refractivity contribution in [2.75, 3.05) is 19.6 Å². The van der Waals surface area contributed by atoms with E-state index < -0.39 is 6.55 Å². The lowest BCUT2D eigenvalue weighted by molar-refractivity contribution is 0.0558. The molecule has 1 aliphatic heterocycles. The Hall–Kier alpha value is -1.50. The molecule has 2 atom stereocenters. The van der Waals surface area contributed by atoms with Gasteiger partial charge >= 0.3 is 6.55 Å². The number of rotatable bonds is 5. The van der Waals surface area contributed by atoms with Crippen molar-refractivity contribution in [2.45, 2.75) is 19.0 Å². The number of hydrogen-bond acceptors (Lipinski definition) is 3. The Labute approximate surface area is 140 Å². The Bertz CT molecular complexity index is 605. The minimum Gasteiger partial charge on any atom is -0.330 e. The van der Waals surface area contributed by atoms with Gasteiger partial charge in [-0.25, -0.2) is 4.68 Å². The molecule has 1 aromatic heterocycles. The highest BCUT2D eigenvalue weighted by Gasteiger charge is 2.32. The second-order valence-corrected chi connectivity index (χ2v) is 5.77. The highest BCUT2D eigenvalue weighted by Crippen LogP contribution is 2.32. The number of nitrogens with zero attached hydrogens (tertiary/aromatic N) is 3. The fourth-order valence-corrected chi connectivity index (χ4v) is 3.21. The van der Waals surface area contributed by atoms with E-state index in [1.54, 1.807) is 6.07 Å². The molecule has 0 aliphatic carbocycles. The van der Waals surface area contributed by atoms with E-state index >= 15 is 0 Å². The van der Waals surface area contributed by atoms with Gasteiger partial charge in [-0.1, -0.05) is 30.3 Å². The summed E-state index contributed by atoms with van der Waals surface area (Å²) < 4.78 is 25.8. The fourth-order valence-electron chi connectivity index (χ4n) is 3.21. The summed E-state index contributed by atoms with van der Waals surface area (Å²) >= 11 is 0. The maximum Gasteiger partial charge on any atom is 0.333 e. The van der Waals surface area contributed by atoms with E-state index in [0.29, 0.717) is 35.3 Å². The van der Waals surface area contributed by atoms with Crippen molar-refractivity contribution in [3.8, 4) is 0 Å². The number of nitrogens with two attached hydrogens (primary N) is 1. The molecule has 2 heterocycles. The van der Waals surface area contributed by atoms with Crippen LogP contribution in [0.5, 0.6) is 0 Å². The van der Waals surface area contributed by atoms with Crippen LogP contribution in [0.1, 0.15) is 23.7 Å². The Kier molecular flexibility index (Phi) is 6.10. The van der Waals surface area contributed by atoms with Crippen LogP contribution < -0.4 is 5.73 Å². The van der Waals surface area contributed by atoms with Gasteiger partial charge in [0, 0.05) is 31.7 Å². The molecule has 0 unspecified atom stereocenters. The molecule has 1 aliphatic rings. The van der Waals surface area contributed by atoms with Gasteiger partial charge in [-0.05, 0) is 24.1 Å². The molecule has 0 spiro atoms. The lowest BCUT2D eigenvalue weighted by Gasteiger charge is -2.16. The lowest BCUT2D eigenvalue weighted by Crippen LogP contribution is -2.23. The summed E-state index contributed by atoms with van der Waals surface area (Å²) in [6.07, 6.45) is 1.32. The van der Waals surface area contributed by atoms with Crippen molar-refractivity contribution in [1.82, 2.24) is 14.7 Å². The summed E-state index contributed by atoms with van der Waals surface area (Å²) in [5.74, 6) is 0.781. The average molecular weight is 343 g/mol. The molecule has 1 saturated heterocycles. The third-order valence-electron chi connectivity index (χ3n) is 4.30. The molecular formula is C16H21ClF2N4. The SMILES string of the molecule is Cl.NC[C@@H]1CN(Cc2ccn(C(F)F)n2)C[C@H]1c1ccccc1. The van der Waals surface area contributed by atoms with E-state index in [1.807, 2.05) is 18.2 Å². The maximum absolute atomic E-state index is 12.6. The average Bonchev–Trinajstić information content (AvgIpc) is 3.15. The Morgan fingerprint density at radius 2 is 1.91 bits per heavy atom. The van der Waals surface area contributed by atoms with Crippen LogP contribution in [-0.4, -0.2) is 34.3 Å². The zero-order valence-electron chi connectivity index (χ0n) is 12.7. The molecule has 3 rings (SSSR count). The van der Waals surface area contributed by atoms with Crippen molar-refractivity contribution in [3.63, 3.8) is 0 Å². The molecule has 2 aromatic rings. The standard InChI is InChI=1S/C16H20F2N4.ClH/c17-16(18)22-7-6-14(20-22)10-21-9-13(8-19)15(11-21)12-4-2-1-3-5-12;/h1-7,13,15-16H,8-11,19H2;1H/t13-,15+;/m1./s1. The van der Waals surface area contributed by atoms with Crippen molar-refractivity contribution in [3.05, 3.63) is 53.9 Å². The van der Waals surface area contributed by atoms with Crippen LogP contribution in [0.25, 0.3) is 0 Å². The van der Waals surface area contributed by atoms with Gasteiger partial charge in [0.2, 0.25) is 0 Å². The van der Waals surface area contributed by atoms with E-state index in [0.717, 1.165) is 13.1 Å². The second-order valence-electron chi connectivity index (χ2n) is 5.77. The molecule has 4 nitrogen and oxygen atoms in total. The lowest BCUT2D eigenvalue weighted by atomic mass is 9.89. The van der Waals surface area contributed by atoms with Crippen LogP contribution in [0, 0.1) is 5.92 Å². The smallest absolute Gasteiger partial charge is 0.330 e. The molecule has 7 heteroatoms. The molecular weight excluding hydrogens is 322 g/mol. The van der Waals surface area contributed by atoms with Gasteiger partial charge in [0.1, 0.15) is 0 Å². The van der Waals surface area contributed by atoms with Crippen LogP contribution in [0.3, 0.4) is 0 Å². The summed E-state index contributed by atoms with van der Waals surface area (Å²) in [6, 6.07) is 12.0. The van der Waals surface area contributed by atoms with Gasteiger partial charge in [0.15, 0.2) is 0 Å². The van der Waals surface area contributed by atoms with Crippen LogP contribution in [0.4, 0.5) is 8.78 Å². The first-order valence-corrected chi connectivity index (χ1v) is 7.47. The van der Waals surface area contributed by atoms with Crippen LogP contribution in [0.15, 0.2) is 42.6 Å². The van der Waals surface area contributed by atoms with E-state index in [1.165, 1.54) is 11.8 Å². The molecule has 23 heavy (non-hydrogen) atoms. The third-order valence-corrected chi connectivity index (χ3v) is 4.30. The third kappa shape index (κ3) is 4.07. The molecule has 0 radical (unpaired) electrons. The Balaban J connectivity index is 0.00000192. The maximum atomic E-state index is 12.6. The van der Waals surface area contributed by atoms with E-state index in [2.05, 4.69) is 22.1 Å². The minimum atomic E-state index is -2.58. The molecule has 126 valence electrons. The topological polar surface area (TPSA) is 47.1 Å². The number of aromatic nitrogens is 2. The van der Waals surface area contributed by atoms with E-state index in [-0.39, 0.29) is 12.4 Å². The highest BCUT2D eigenvalue weighted by atomic mass is 35.5. The number of benzene rings is 1. The number of halogens is 3. The van der Waals surface area contributed by atoms with Gasteiger partial charge in [0.05, 0.1) is 5.69 Å². The van der Waals surface area contributed by atoms with Crippen LogP contribution in [0.2, 0.25) is 0 Å². The first kappa shape index (κ1) is 17.8. The highest BCUT2D eigenvalue weighted by molar-refractivity contribution is 5.85. The molecule has 0 bridgehead atoms. The molecule has 1 fully saturated rings. The van der Waals surface area contributed by atoms with Crippen LogP contribution >= 0.6 is 12.4 Å². The van der Waals surface area contributed by atoms with Crippen LogP contribution in [-0.2, 0) is 6.54 Å². The number of alkyl halides is 2. The monoisotopic (exact) mass is 342 g/mol. The van der Waals surface area contributed by atoms with Crippen molar-refractivity contribution in [1.29, 1.82) is 0 Å². The second kappa shape index (κ2) is 7.86. The molecule has 1 aromatic carbocycles. The summed E-state index contributed by atoms with van der Waals surface area (Å²) in [6.45, 7) is 0.382. The zero-order valence-corrected chi connectivity index (χ0v) is 13.5. The predicted octanol–water partition coefficient (Wildman–Crippen LogP) is 2.87. The minimum absolute atomic E-state index is 0. The summed E-state index contributed by atoms with van der Waals surface area (Å²) in [5.41, 5.74) is 7.88. The fraction of sp³-hybridized carbons (Fsp3) is 0.438. The van der Waals surface area contributed by atoms with Gasteiger partial charge < -0.3 is 5.73 Å². The predicted molar refractivity (Wildman–Crippen MR) is 87.7 cm³/mol. The Morgan fingerprint density at radius 1 is 1.17 bits per heavy atom. The van der Waals surface area contributed by atoms with Gasteiger partial charge in [0.25, 0.3) is 0 Å². The normalized spacial score (nSPS) is 21.6. The first-order valence-electron chi connectivity index (χ1n) is 7.47. The number of hydrogen-bond donors (Lipinski definition) is 1. The van der Waals surface area contributed by atoms with Gasteiger partial charge in [-0.15, -0.1) is 12.4 Å². The Morgan fingerprint density at radius 3 is 2.52 bits per heavy atom. The molecule has 0 saturated carbocycles. The summed E-state index contributed by atoms with van der Waals surface area (Å²) in [4.78, 5) is 2.24. The summed E-state index contributed by atoms with van der Waals surface area (Å²) in [5, 5.41) is 3.92. The van der Waals surface area contributed by atoms with Crippen molar-refractivity contribution < 1.29 is 8.78 Å². The van der Waals surface area contributed by atoms with E-state index in [4.69, 9.17) is 5.73 Å². The quantitative estimate of drug-likeness (QED) is 0.909. The first-order chi connectivity index (χ1) is 10.7. The van der Waals surface area contributed by atoms with Gasteiger partial charge in [-0.3, -0.25) is 4.90 Å². The van der Waals surface area contributed by atoms with E-state index in [9.17, 15) is 8.78 Å². The summed E-state index contributed by atoms with van der Waals surface area (Å²) in [7, 11) is 0. The molecule has 2 N–H and O–H groups in total. The van der Waals surface area contributed by atoms with Gasteiger partial charge in [-0.2, -0.15) is 13.9 Å². The zero-order chi connectivity index (χ0) is 15.5.